The zero-order valence-corrected chi connectivity index (χ0v) is 22.5. The summed E-state index contributed by atoms with van der Waals surface area (Å²) in [5.74, 6) is 0. The van der Waals surface area contributed by atoms with Gasteiger partial charge >= 0.3 is 0 Å². The smallest absolute Gasteiger partial charge is 0.144 e. The molecule has 2 heterocycles. The predicted molar refractivity (Wildman–Crippen MR) is 171 cm³/mol. The molecule has 188 valence electrons. The molecule has 0 saturated carbocycles. The predicted octanol–water partition coefficient (Wildman–Crippen LogP) is 11.5. The molecule has 8 aromatic rings. The Morgan fingerprint density at radius 3 is 1.65 bits per heavy atom. The second-order valence-corrected chi connectivity index (χ2v) is 11.1. The van der Waals surface area contributed by atoms with Crippen molar-refractivity contribution in [3.05, 3.63) is 146 Å². The van der Waals surface area contributed by atoms with Gasteiger partial charge in [0.25, 0.3) is 0 Å². The van der Waals surface area contributed by atoms with Gasteiger partial charge in [-0.05, 0) is 39.9 Å². The van der Waals surface area contributed by atoms with Gasteiger partial charge in [-0.25, -0.2) is 0 Å². The molecule has 0 spiro atoms. The molecule has 0 N–H and O–H groups in total. The van der Waals surface area contributed by atoms with Gasteiger partial charge in [-0.3, -0.25) is 0 Å². The third-order valence-electron chi connectivity index (χ3n) is 7.73. The van der Waals surface area contributed by atoms with E-state index >= 15 is 0 Å². The summed E-state index contributed by atoms with van der Waals surface area (Å²) in [5, 5.41) is 4.81. The quantitative estimate of drug-likeness (QED) is 0.221. The van der Waals surface area contributed by atoms with Crippen LogP contribution in [0.5, 0.6) is 0 Å². The molecule has 0 unspecified atom stereocenters. The van der Waals surface area contributed by atoms with Gasteiger partial charge in [-0.15, -0.1) is 11.3 Å². The van der Waals surface area contributed by atoms with Crippen LogP contribution < -0.4 is 0 Å². The van der Waals surface area contributed by atoms with Crippen molar-refractivity contribution in [1.82, 2.24) is 0 Å². The number of para-hydroxylation sites is 1. The molecular weight excluding hydrogens is 504 g/mol. The first-order chi connectivity index (χ1) is 19.8. The Hall–Kier alpha value is -4.92. The van der Waals surface area contributed by atoms with Crippen molar-refractivity contribution < 1.29 is 4.42 Å². The SMILES string of the molecule is c1ccc(-c2ccc(-c3sc(-c4c(-c5ccccc5)ccc5c4oc4ccccc45)c4ccccc34)cc2)cc1. The fraction of sp³-hybridized carbons (Fsp3) is 0. The average Bonchev–Trinajstić information content (AvgIpc) is 3.60. The van der Waals surface area contributed by atoms with Crippen molar-refractivity contribution in [2.75, 3.05) is 0 Å². The summed E-state index contributed by atoms with van der Waals surface area (Å²) in [4.78, 5) is 2.51. The number of hydrogen-bond acceptors (Lipinski definition) is 2. The second kappa shape index (κ2) is 9.37. The average molecular weight is 529 g/mol. The highest BCUT2D eigenvalue weighted by atomic mass is 32.1. The van der Waals surface area contributed by atoms with E-state index in [2.05, 4.69) is 140 Å². The normalized spacial score (nSPS) is 11.5. The van der Waals surface area contributed by atoms with E-state index in [1.54, 1.807) is 0 Å². The molecular formula is C38H24OS. The first kappa shape index (κ1) is 23.0. The fourth-order valence-corrected chi connectivity index (χ4v) is 7.15. The standard InChI is InChI=1S/C38H24OS/c1-3-11-25(12-4-1)26-19-21-28(22-20-26)37-32-16-7-8-17-33(32)38(40-37)35-29(27-13-5-2-6-14-27)23-24-31-30-15-9-10-18-34(30)39-36(31)35/h1-24H. The van der Waals surface area contributed by atoms with Gasteiger partial charge in [0, 0.05) is 36.9 Å². The molecule has 8 rings (SSSR count). The Bertz CT molecular complexity index is 2130. The Labute approximate surface area is 236 Å². The van der Waals surface area contributed by atoms with E-state index in [1.165, 1.54) is 48.3 Å². The summed E-state index contributed by atoms with van der Waals surface area (Å²) < 4.78 is 6.64. The van der Waals surface area contributed by atoms with Gasteiger partial charge in [0.2, 0.25) is 0 Å². The van der Waals surface area contributed by atoms with Crippen LogP contribution in [0.4, 0.5) is 0 Å². The Balaban J connectivity index is 1.40. The summed E-state index contributed by atoms with van der Waals surface area (Å²) in [6.07, 6.45) is 0. The van der Waals surface area contributed by atoms with Crippen LogP contribution in [-0.4, -0.2) is 0 Å². The van der Waals surface area contributed by atoms with Crippen molar-refractivity contribution in [3.63, 3.8) is 0 Å². The van der Waals surface area contributed by atoms with Crippen molar-refractivity contribution in [1.29, 1.82) is 0 Å². The molecule has 40 heavy (non-hydrogen) atoms. The van der Waals surface area contributed by atoms with E-state index in [1.807, 2.05) is 17.4 Å². The maximum Gasteiger partial charge on any atom is 0.144 e. The zero-order valence-electron chi connectivity index (χ0n) is 21.7. The number of benzene rings is 6. The maximum atomic E-state index is 6.64. The molecule has 6 aromatic carbocycles. The number of fused-ring (bicyclic) bond motifs is 4. The third kappa shape index (κ3) is 3.69. The highest BCUT2D eigenvalue weighted by molar-refractivity contribution is 7.21. The molecule has 0 aliphatic rings. The third-order valence-corrected chi connectivity index (χ3v) is 9.02. The van der Waals surface area contributed by atoms with Crippen molar-refractivity contribution >= 4 is 44.0 Å². The fourth-order valence-electron chi connectivity index (χ4n) is 5.81. The minimum Gasteiger partial charge on any atom is -0.455 e. The van der Waals surface area contributed by atoms with Crippen molar-refractivity contribution in [3.8, 4) is 43.1 Å². The Kier molecular flexibility index (Phi) is 5.39. The summed E-state index contributed by atoms with van der Waals surface area (Å²) in [6.45, 7) is 0. The molecule has 2 heteroatoms. The number of furan rings is 1. The minimum atomic E-state index is 0.918. The van der Waals surface area contributed by atoms with Gasteiger partial charge in [-0.1, -0.05) is 133 Å². The molecule has 1 nitrogen and oxygen atoms in total. The molecule has 0 radical (unpaired) electrons. The first-order valence-electron chi connectivity index (χ1n) is 13.5. The Morgan fingerprint density at radius 1 is 0.375 bits per heavy atom. The van der Waals surface area contributed by atoms with Crippen molar-refractivity contribution in [2.45, 2.75) is 0 Å². The van der Waals surface area contributed by atoms with Gasteiger partial charge in [0.1, 0.15) is 11.2 Å². The molecule has 0 amide bonds. The largest absolute Gasteiger partial charge is 0.455 e. The molecule has 2 aromatic heterocycles. The molecule has 0 aliphatic carbocycles. The maximum absolute atomic E-state index is 6.64. The summed E-state index contributed by atoms with van der Waals surface area (Å²) in [6, 6.07) is 51.8. The molecule has 0 bridgehead atoms. The van der Waals surface area contributed by atoms with E-state index in [-0.39, 0.29) is 0 Å². The lowest BCUT2D eigenvalue weighted by Crippen LogP contribution is -1.85. The van der Waals surface area contributed by atoms with Gasteiger partial charge in [0.05, 0.1) is 0 Å². The topological polar surface area (TPSA) is 13.1 Å². The number of thiophene rings is 1. The Morgan fingerprint density at radius 2 is 0.925 bits per heavy atom. The van der Waals surface area contributed by atoms with E-state index in [0.29, 0.717) is 0 Å². The van der Waals surface area contributed by atoms with Gasteiger partial charge in [0.15, 0.2) is 0 Å². The molecule has 0 atom stereocenters. The molecule has 0 aliphatic heterocycles. The van der Waals surface area contributed by atoms with E-state index in [9.17, 15) is 0 Å². The monoisotopic (exact) mass is 528 g/mol. The van der Waals surface area contributed by atoms with Crippen LogP contribution in [-0.2, 0) is 0 Å². The highest BCUT2D eigenvalue weighted by Gasteiger charge is 2.22. The van der Waals surface area contributed by atoms with Crippen LogP contribution in [0.3, 0.4) is 0 Å². The summed E-state index contributed by atoms with van der Waals surface area (Å²) in [5.41, 5.74) is 9.08. The lowest BCUT2D eigenvalue weighted by Gasteiger charge is -2.10. The van der Waals surface area contributed by atoms with Crippen LogP contribution >= 0.6 is 11.3 Å². The minimum absolute atomic E-state index is 0.918. The summed E-state index contributed by atoms with van der Waals surface area (Å²) >= 11 is 1.85. The van der Waals surface area contributed by atoms with Crippen LogP contribution in [0.25, 0.3) is 75.8 Å². The molecule has 0 saturated heterocycles. The van der Waals surface area contributed by atoms with E-state index in [0.717, 1.165) is 27.5 Å². The summed E-state index contributed by atoms with van der Waals surface area (Å²) in [7, 11) is 0. The van der Waals surface area contributed by atoms with E-state index in [4.69, 9.17) is 4.42 Å². The number of hydrogen-bond donors (Lipinski definition) is 0. The van der Waals surface area contributed by atoms with Gasteiger partial charge < -0.3 is 4.42 Å². The highest BCUT2D eigenvalue weighted by Crippen LogP contribution is 2.50. The first-order valence-corrected chi connectivity index (χ1v) is 14.3. The van der Waals surface area contributed by atoms with Crippen LogP contribution in [0, 0.1) is 0 Å². The van der Waals surface area contributed by atoms with Crippen LogP contribution in [0.15, 0.2) is 150 Å². The van der Waals surface area contributed by atoms with Crippen LogP contribution in [0.2, 0.25) is 0 Å². The zero-order chi connectivity index (χ0) is 26.5. The van der Waals surface area contributed by atoms with Crippen molar-refractivity contribution in [2.24, 2.45) is 0 Å². The molecule has 0 fully saturated rings. The number of rotatable bonds is 4. The van der Waals surface area contributed by atoms with E-state index < -0.39 is 0 Å². The van der Waals surface area contributed by atoms with Gasteiger partial charge in [-0.2, -0.15) is 0 Å². The lowest BCUT2D eigenvalue weighted by atomic mass is 9.94. The lowest BCUT2D eigenvalue weighted by molar-refractivity contribution is 0.670. The van der Waals surface area contributed by atoms with Crippen LogP contribution in [0.1, 0.15) is 0 Å². The second-order valence-electron chi connectivity index (χ2n) is 10.1.